The number of ether oxygens (including phenoxy) is 2. The topological polar surface area (TPSA) is 113 Å². The number of carboxylic acids is 1. The Labute approximate surface area is 208 Å². The number of benzene rings is 1. The third kappa shape index (κ3) is 8.21. The number of unbranched alkanes of at least 4 members (excludes halogenated alkanes) is 3. The Morgan fingerprint density at radius 1 is 1.11 bits per heavy atom. The Bertz CT molecular complexity index is 824. The van der Waals surface area contributed by atoms with Crippen LogP contribution in [0.4, 0.5) is 0 Å². The maximum absolute atomic E-state index is 12.0. The van der Waals surface area contributed by atoms with Gasteiger partial charge in [0, 0.05) is 6.42 Å². The van der Waals surface area contributed by atoms with E-state index in [1.54, 1.807) is 0 Å². The lowest BCUT2D eigenvalue weighted by Gasteiger charge is -2.32. The van der Waals surface area contributed by atoms with Gasteiger partial charge < -0.3 is 24.8 Å². The van der Waals surface area contributed by atoms with E-state index in [2.05, 4.69) is 13.0 Å². The lowest BCUT2D eigenvalue weighted by molar-refractivity contribution is -0.146. The number of rotatable bonds is 15. The van der Waals surface area contributed by atoms with Crippen molar-refractivity contribution in [3.8, 4) is 5.75 Å². The van der Waals surface area contributed by atoms with Gasteiger partial charge in [-0.1, -0.05) is 38.3 Å². The van der Waals surface area contributed by atoms with Crippen molar-refractivity contribution < 1.29 is 34.4 Å². The van der Waals surface area contributed by atoms with Crippen molar-refractivity contribution in [3.05, 3.63) is 29.3 Å². The zero-order valence-electron chi connectivity index (χ0n) is 21.0. The molecule has 3 rings (SSSR count). The number of hydrogen-bond donors (Lipinski definition) is 3. The number of carbonyl (C=O) groups excluding carboxylic acids is 1. The van der Waals surface area contributed by atoms with Gasteiger partial charge in [0.25, 0.3) is 0 Å². The van der Waals surface area contributed by atoms with Gasteiger partial charge in [-0.3, -0.25) is 4.79 Å². The van der Waals surface area contributed by atoms with Crippen LogP contribution in [0, 0.1) is 17.8 Å². The van der Waals surface area contributed by atoms with Crippen molar-refractivity contribution in [2.24, 2.45) is 17.8 Å². The van der Waals surface area contributed by atoms with E-state index in [1.165, 1.54) is 5.56 Å². The minimum Gasteiger partial charge on any atom is -0.482 e. The highest BCUT2D eigenvalue weighted by atomic mass is 16.6. The molecule has 1 aromatic carbocycles. The smallest absolute Gasteiger partial charge is 0.344 e. The minimum absolute atomic E-state index is 0.0709. The minimum atomic E-state index is -0.850. The molecular formula is C28H42O7. The van der Waals surface area contributed by atoms with Crippen molar-refractivity contribution in [1.29, 1.82) is 0 Å². The molecule has 0 unspecified atom stereocenters. The molecule has 7 heteroatoms. The lowest BCUT2D eigenvalue weighted by Crippen LogP contribution is -2.28. The molecule has 0 aliphatic heterocycles. The lowest BCUT2D eigenvalue weighted by atomic mass is 9.73. The van der Waals surface area contributed by atoms with Crippen LogP contribution >= 0.6 is 0 Å². The first-order valence-electron chi connectivity index (χ1n) is 13.4. The molecule has 0 heterocycles. The van der Waals surface area contributed by atoms with Crippen molar-refractivity contribution in [3.63, 3.8) is 0 Å². The summed E-state index contributed by atoms with van der Waals surface area (Å²) in [6, 6.07) is 5.94. The molecule has 0 saturated heterocycles. The second-order valence-electron chi connectivity index (χ2n) is 10.3. The fraction of sp³-hybridized carbons (Fsp3) is 0.714. The number of carbonyl (C=O) groups is 2. The summed E-state index contributed by atoms with van der Waals surface area (Å²) in [5.41, 5.74) is 2.34. The average molecular weight is 491 g/mol. The predicted octanol–water partition coefficient (Wildman–Crippen LogP) is 4.30. The molecule has 196 valence electrons. The molecule has 0 aromatic heterocycles. The highest BCUT2D eigenvalue weighted by Crippen LogP contribution is 2.48. The van der Waals surface area contributed by atoms with Gasteiger partial charge in [0.1, 0.15) is 5.75 Å². The van der Waals surface area contributed by atoms with Crippen molar-refractivity contribution >= 4 is 11.9 Å². The van der Waals surface area contributed by atoms with Gasteiger partial charge in [0.15, 0.2) is 6.61 Å². The molecule has 35 heavy (non-hydrogen) atoms. The summed E-state index contributed by atoms with van der Waals surface area (Å²) in [6.45, 7) is 2.18. The largest absolute Gasteiger partial charge is 0.482 e. The normalized spacial score (nSPS) is 23.9. The summed E-state index contributed by atoms with van der Waals surface area (Å²) < 4.78 is 11.0. The number of hydrogen-bond acceptors (Lipinski definition) is 6. The summed E-state index contributed by atoms with van der Waals surface area (Å²) in [6.07, 6.45) is 8.76. The monoisotopic (exact) mass is 490 g/mol. The van der Waals surface area contributed by atoms with Crippen LogP contribution < -0.4 is 4.74 Å². The van der Waals surface area contributed by atoms with Crippen LogP contribution in [-0.4, -0.2) is 52.7 Å². The zero-order chi connectivity index (χ0) is 25.2. The second kappa shape index (κ2) is 13.8. The van der Waals surface area contributed by atoms with Gasteiger partial charge in [0.05, 0.1) is 18.8 Å². The summed E-state index contributed by atoms with van der Waals surface area (Å²) in [4.78, 5) is 22.6. The third-order valence-electron chi connectivity index (χ3n) is 7.71. The van der Waals surface area contributed by atoms with Crippen LogP contribution in [0.2, 0.25) is 0 Å². The number of aliphatic hydroxyl groups excluding tert-OH is 2. The number of carboxylic acid groups (broad SMARTS) is 1. The standard InChI is InChI=1S/C28H42O7/c1-2-3-4-9-21(29)12-13-22-23-15-19-8-7-10-26(24(19)16-20(23)17-25(22)30)35-18-28(33)34-14-6-5-11-27(31)32/h7-8,10,20-23,25,29-30H,2-6,9,11-18H2,1H3,(H,31,32)/t20-,21-,22+,23-,25+/m0/s1. The van der Waals surface area contributed by atoms with Crippen LogP contribution in [-0.2, 0) is 27.2 Å². The molecule has 0 spiro atoms. The maximum atomic E-state index is 12.0. The van der Waals surface area contributed by atoms with Crippen LogP contribution in [0.5, 0.6) is 5.75 Å². The number of aliphatic carboxylic acids is 1. The zero-order valence-corrected chi connectivity index (χ0v) is 21.0. The van der Waals surface area contributed by atoms with E-state index in [1.807, 2.05) is 12.1 Å². The summed E-state index contributed by atoms with van der Waals surface area (Å²) in [7, 11) is 0. The van der Waals surface area contributed by atoms with Crippen molar-refractivity contribution in [2.75, 3.05) is 13.2 Å². The van der Waals surface area contributed by atoms with Crippen molar-refractivity contribution in [1.82, 2.24) is 0 Å². The third-order valence-corrected chi connectivity index (χ3v) is 7.71. The average Bonchev–Trinajstić information content (AvgIpc) is 3.13. The number of aliphatic hydroxyl groups is 2. The molecular weight excluding hydrogens is 448 g/mol. The van der Waals surface area contributed by atoms with Gasteiger partial charge in [-0.2, -0.15) is 0 Å². The van der Waals surface area contributed by atoms with Crippen LogP contribution in [0.1, 0.15) is 82.3 Å². The van der Waals surface area contributed by atoms with Crippen LogP contribution in [0.25, 0.3) is 0 Å². The molecule has 1 saturated carbocycles. The Morgan fingerprint density at radius 2 is 1.94 bits per heavy atom. The number of esters is 1. The van der Waals surface area contributed by atoms with Gasteiger partial charge >= 0.3 is 11.9 Å². The summed E-state index contributed by atoms with van der Waals surface area (Å²) in [5.74, 6) is 0.400. The molecule has 7 nitrogen and oxygen atoms in total. The molecule has 5 atom stereocenters. The maximum Gasteiger partial charge on any atom is 0.344 e. The quantitative estimate of drug-likeness (QED) is 0.248. The first kappa shape index (κ1) is 27.5. The fourth-order valence-electron chi connectivity index (χ4n) is 5.84. The molecule has 0 amide bonds. The van der Waals surface area contributed by atoms with Gasteiger partial charge in [-0.05, 0) is 86.3 Å². The second-order valence-corrected chi connectivity index (χ2v) is 10.3. The molecule has 2 aliphatic rings. The van der Waals surface area contributed by atoms with E-state index in [9.17, 15) is 19.8 Å². The van der Waals surface area contributed by atoms with Crippen LogP contribution in [0.3, 0.4) is 0 Å². The Kier molecular flexibility index (Phi) is 10.9. The first-order valence-corrected chi connectivity index (χ1v) is 13.4. The molecule has 1 fully saturated rings. The molecule has 3 N–H and O–H groups in total. The Balaban J connectivity index is 1.50. The molecule has 2 aliphatic carbocycles. The van der Waals surface area contributed by atoms with Crippen molar-refractivity contribution in [2.45, 2.75) is 96.2 Å². The summed E-state index contributed by atoms with van der Waals surface area (Å²) >= 11 is 0. The van der Waals surface area contributed by atoms with E-state index in [-0.39, 0.29) is 37.8 Å². The highest BCUT2D eigenvalue weighted by Gasteiger charge is 2.44. The predicted molar refractivity (Wildman–Crippen MR) is 132 cm³/mol. The van der Waals surface area contributed by atoms with E-state index in [4.69, 9.17) is 14.6 Å². The molecule has 1 aromatic rings. The van der Waals surface area contributed by atoms with E-state index in [0.717, 1.165) is 63.4 Å². The highest BCUT2D eigenvalue weighted by molar-refractivity contribution is 5.71. The van der Waals surface area contributed by atoms with Gasteiger partial charge in [0.2, 0.25) is 0 Å². The first-order chi connectivity index (χ1) is 16.9. The Hall–Kier alpha value is -2.12. The number of fused-ring (bicyclic) bond motifs is 2. The van der Waals surface area contributed by atoms with E-state index < -0.39 is 11.9 Å². The SMILES string of the molecule is CCCCC[C@H](O)CC[C@@H]1[C@H]2Cc3cccc(OCC(=O)OCCCCC(=O)O)c3C[C@H]2C[C@H]1O. The molecule has 0 bridgehead atoms. The van der Waals surface area contributed by atoms with Gasteiger partial charge in [-0.15, -0.1) is 0 Å². The summed E-state index contributed by atoms with van der Waals surface area (Å²) in [5, 5.41) is 29.8. The van der Waals surface area contributed by atoms with Crippen LogP contribution in [0.15, 0.2) is 18.2 Å². The fourth-order valence-corrected chi connectivity index (χ4v) is 5.84. The van der Waals surface area contributed by atoms with Gasteiger partial charge in [-0.25, -0.2) is 4.79 Å². The van der Waals surface area contributed by atoms with E-state index >= 15 is 0 Å². The van der Waals surface area contributed by atoms with E-state index in [0.29, 0.717) is 30.4 Å². The molecule has 0 radical (unpaired) electrons. The Morgan fingerprint density at radius 3 is 2.71 bits per heavy atom.